The van der Waals surface area contributed by atoms with Crippen LogP contribution in [-0.2, 0) is 18.4 Å². The SMILES string of the molecule is COP(=O)(O)O/C(C)=C/C(=O)N(C)C. The quantitative estimate of drug-likeness (QED) is 0.432. The van der Waals surface area contributed by atoms with Crippen molar-refractivity contribution in [1.82, 2.24) is 4.90 Å². The summed E-state index contributed by atoms with van der Waals surface area (Å²) in [5.41, 5.74) is 0. The molecule has 0 saturated heterocycles. The Kier molecular flexibility index (Phi) is 4.83. The first-order valence-electron chi connectivity index (χ1n) is 3.76. The Bertz CT molecular complexity index is 286. The maximum Gasteiger partial charge on any atom is 0.526 e. The second-order valence-electron chi connectivity index (χ2n) is 2.73. The molecule has 82 valence electrons. The zero-order chi connectivity index (χ0) is 11.4. The lowest BCUT2D eigenvalue weighted by Crippen LogP contribution is -2.19. The number of hydrogen-bond acceptors (Lipinski definition) is 4. The predicted octanol–water partition coefficient (Wildman–Crippen LogP) is 0.742. The molecule has 0 aromatic rings. The van der Waals surface area contributed by atoms with Gasteiger partial charge in [0.1, 0.15) is 5.76 Å². The number of hydrogen-bond donors (Lipinski definition) is 1. The normalized spacial score (nSPS) is 15.9. The molecular formula is C7H14NO5P. The first kappa shape index (κ1) is 13.2. The van der Waals surface area contributed by atoms with E-state index in [4.69, 9.17) is 4.89 Å². The zero-order valence-electron chi connectivity index (χ0n) is 8.55. The van der Waals surface area contributed by atoms with Crippen LogP contribution in [0.3, 0.4) is 0 Å². The Morgan fingerprint density at radius 1 is 1.50 bits per heavy atom. The van der Waals surface area contributed by atoms with Gasteiger partial charge >= 0.3 is 7.82 Å². The minimum Gasteiger partial charge on any atom is -0.409 e. The summed E-state index contributed by atoms with van der Waals surface area (Å²) in [6.45, 7) is 1.39. The summed E-state index contributed by atoms with van der Waals surface area (Å²) >= 11 is 0. The predicted molar refractivity (Wildman–Crippen MR) is 50.4 cm³/mol. The molecule has 0 radical (unpaired) electrons. The number of carbonyl (C=O) groups is 1. The van der Waals surface area contributed by atoms with E-state index in [9.17, 15) is 9.36 Å². The third-order valence-electron chi connectivity index (χ3n) is 1.26. The highest BCUT2D eigenvalue weighted by molar-refractivity contribution is 7.47. The largest absolute Gasteiger partial charge is 0.526 e. The number of carbonyl (C=O) groups excluding carboxylic acids is 1. The van der Waals surface area contributed by atoms with Gasteiger partial charge < -0.3 is 9.42 Å². The Morgan fingerprint density at radius 2 is 2.00 bits per heavy atom. The van der Waals surface area contributed by atoms with Crippen molar-refractivity contribution in [1.29, 1.82) is 0 Å². The lowest BCUT2D eigenvalue weighted by atomic mass is 10.4. The minimum absolute atomic E-state index is 0.0244. The molecule has 1 unspecified atom stereocenters. The van der Waals surface area contributed by atoms with Crippen molar-refractivity contribution < 1.29 is 23.3 Å². The zero-order valence-corrected chi connectivity index (χ0v) is 9.45. The Hall–Kier alpha value is -0.840. The molecule has 6 nitrogen and oxygen atoms in total. The van der Waals surface area contributed by atoms with E-state index in [0.29, 0.717) is 0 Å². The third-order valence-corrected chi connectivity index (χ3v) is 2.24. The number of phosphoric acid groups is 1. The van der Waals surface area contributed by atoms with Gasteiger partial charge in [-0.3, -0.25) is 14.2 Å². The van der Waals surface area contributed by atoms with Gasteiger partial charge in [0.05, 0.1) is 0 Å². The second-order valence-corrected chi connectivity index (χ2v) is 4.21. The van der Waals surface area contributed by atoms with Crippen LogP contribution in [0.2, 0.25) is 0 Å². The molecule has 14 heavy (non-hydrogen) atoms. The summed E-state index contributed by atoms with van der Waals surface area (Å²) in [5.74, 6) is -0.310. The van der Waals surface area contributed by atoms with Crippen molar-refractivity contribution in [3.05, 3.63) is 11.8 Å². The fourth-order valence-electron chi connectivity index (χ4n) is 0.549. The molecule has 0 fully saturated rings. The van der Waals surface area contributed by atoms with Crippen LogP contribution in [0.4, 0.5) is 0 Å². The van der Waals surface area contributed by atoms with Crippen LogP contribution in [0.5, 0.6) is 0 Å². The van der Waals surface area contributed by atoms with Crippen LogP contribution in [-0.4, -0.2) is 36.9 Å². The maximum absolute atomic E-state index is 11.1. The first-order valence-corrected chi connectivity index (χ1v) is 5.26. The molecule has 0 aliphatic carbocycles. The van der Waals surface area contributed by atoms with Crippen molar-refractivity contribution in [2.24, 2.45) is 0 Å². The van der Waals surface area contributed by atoms with Crippen LogP contribution in [0.15, 0.2) is 11.8 Å². The summed E-state index contributed by atoms with van der Waals surface area (Å²) in [7, 11) is 0.101. The smallest absolute Gasteiger partial charge is 0.409 e. The van der Waals surface area contributed by atoms with Crippen LogP contribution < -0.4 is 0 Å². The molecule has 0 aliphatic heterocycles. The first-order chi connectivity index (χ1) is 6.28. The van der Waals surface area contributed by atoms with E-state index in [2.05, 4.69) is 9.05 Å². The van der Waals surface area contributed by atoms with E-state index >= 15 is 0 Å². The molecule has 0 aliphatic rings. The molecule has 1 amide bonds. The Morgan fingerprint density at radius 3 is 2.36 bits per heavy atom. The summed E-state index contributed by atoms with van der Waals surface area (Å²) in [4.78, 5) is 21.3. The van der Waals surface area contributed by atoms with Gasteiger partial charge in [0.25, 0.3) is 0 Å². The highest BCUT2D eigenvalue weighted by atomic mass is 31.2. The van der Waals surface area contributed by atoms with Crippen molar-refractivity contribution in [2.45, 2.75) is 6.92 Å². The van der Waals surface area contributed by atoms with Gasteiger partial charge in [0.15, 0.2) is 0 Å². The molecule has 7 heteroatoms. The van der Waals surface area contributed by atoms with E-state index in [1.54, 1.807) is 14.1 Å². The third kappa shape index (κ3) is 5.01. The fourth-order valence-corrected chi connectivity index (χ4v) is 1.04. The van der Waals surface area contributed by atoms with Crippen molar-refractivity contribution in [3.63, 3.8) is 0 Å². The molecule has 0 aromatic carbocycles. The van der Waals surface area contributed by atoms with Crippen molar-refractivity contribution in [3.8, 4) is 0 Å². The maximum atomic E-state index is 11.1. The van der Waals surface area contributed by atoms with Crippen LogP contribution >= 0.6 is 7.82 Å². The average Bonchev–Trinajstić information content (AvgIpc) is 2.02. The van der Waals surface area contributed by atoms with Gasteiger partial charge in [-0.05, 0) is 6.92 Å². The molecule has 1 N–H and O–H groups in total. The summed E-state index contributed by atoms with van der Waals surface area (Å²) in [6, 6.07) is 0. The molecule has 0 heterocycles. The second kappa shape index (κ2) is 5.14. The van der Waals surface area contributed by atoms with Crippen LogP contribution in [0, 0.1) is 0 Å². The number of phosphoric ester groups is 1. The van der Waals surface area contributed by atoms with Gasteiger partial charge in [-0.15, -0.1) is 0 Å². The molecular weight excluding hydrogens is 209 g/mol. The monoisotopic (exact) mass is 223 g/mol. The topological polar surface area (TPSA) is 76.1 Å². The standard InChI is InChI=1S/C7H14NO5P/c1-6(5-7(9)8(2)3)13-14(10,11)12-4/h5H,1-4H3,(H,10,11)/b6-5+. The number of amides is 1. The molecule has 0 saturated carbocycles. The lowest BCUT2D eigenvalue weighted by molar-refractivity contribution is -0.123. The number of rotatable bonds is 4. The molecule has 0 bridgehead atoms. The average molecular weight is 223 g/mol. The fraction of sp³-hybridized carbons (Fsp3) is 0.571. The van der Waals surface area contributed by atoms with Crippen molar-refractivity contribution >= 4 is 13.7 Å². The lowest BCUT2D eigenvalue weighted by Gasteiger charge is -2.11. The van der Waals surface area contributed by atoms with Gasteiger partial charge in [-0.2, -0.15) is 0 Å². The summed E-state index contributed by atoms with van der Waals surface area (Å²) < 4.78 is 19.6. The van der Waals surface area contributed by atoms with Gasteiger partial charge in [-0.1, -0.05) is 0 Å². The molecule has 1 atom stereocenters. The molecule has 0 spiro atoms. The van der Waals surface area contributed by atoms with Crippen LogP contribution in [0.1, 0.15) is 6.92 Å². The van der Waals surface area contributed by atoms with E-state index in [0.717, 1.165) is 13.2 Å². The summed E-state index contributed by atoms with van der Waals surface area (Å²) in [6.07, 6.45) is 1.10. The van der Waals surface area contributed by atoms with Crippen molar-refractivity contribution in [2.75, 3.05) is 21.2 Å². The minimum atomic E-state index is -4.06. The Labute approximate surface area is 82.7 Å². The van der Waals surface area contributed by atoms with E-state index in [-0.39, 0.29) is 11.7 Å². The number of allylic oxidation sites excluding steroid dienone is 1. The Balaban J connectivity index is 4.42. The number of nitrogens with zero attached hydrogens (tertiary/aromatic N) is 1. The van der Waals surface area contributed by atoms with Crippen LogP contribution in [0.25, 0.3) is 0 Å². The van der Waals surface area contributed by atoms with E-state index < -0.39 is 7.82 Å². The number of likely N-dealkylation sites (N-methyl/N-ethyl adjacent to an activating group) is 1. The van der Waals surface area contributed by atoms with Gasteiger partial charge in [0, 0.05) is 27.3 Å². The molecule has 0 aromatic heterocycles. The van der Waals surface area contributed by atoms with Gasteiger partial charge in [0.2, 0.25) is 5.91 Å². The van der Waals surface area contributed by atoms with Gasteiger partial charge in [-0.25, -0.2) is 4.57 Å². The highest BCUT2D eigenvalue weighted by Gasteiger charge is 2.20. The molecule has 0 rings (SSSR count). The van der Waals surface area contributed by atoms with E-state index in [1.165, 1.54) is 11.8 Å². The summed E-state index contributed by atoms with van der Waals surface area (Å²) in [5, 5.41) is 0. The van der Waals surface area contributed by atoms with E-state index in [1.807, 2.05) is 0 Å². The highest BCUT2D eigenvalue weighted by Crippen LogP contribution is 2.44.